The van der Waals surface area contributed by atoms with Gasteiger partial charge in [0.05, 0.1) is 0 Å². The summed E-state index contributed by atoms with van der Waals surface area (Å²) in [5.41, 5.74) is 4.25. The Balaban J connectivity index is 0.000000403. The van der Waals surface area contributed by atoms with Crippen molar-refractivity contribution in [3.05, 3.63) is 58.7 Å². The Kier molecular flexibility index (Phi) is 9.04. The molecule has 3 heteroatoms. The fourth-order valence-corrected chi connectivity index (χ4v) is 2.28. The third kappa shape index (κ3) is 6.68. The Morgan fingerprint density at radius 3 is 1.17 bits per heavy atom. The van der Waals surface area contributed by atoms with Crippen LogP contribution in [0.3, 0.4) is 0 Å². The topological polar surface area (TPSA) is 40.5 Å². The van der Waals surface area contributed by atoms with E-state index in [1.165, 1.54) is 0 Å². The van der Waals surface area contributed by atoms with Crippen LogP contribution in [0.5, 0.6) is 11.5 Å². The van der Waals surface area contributed by atoms with E-state index < -0.39 is 0 Å². The molecule has 0 unspecified atom stereocenters. The number of hydrogen-bond donors (Lipinski definition) is 2. The van der Waals surface area contributed by atoms with Crippen molar-refractivity contribution in [1.29, 1.82) is 0 Å². The maximum Gasteiger partial charge on any atom is 0.119 e. The molecular formula is C20H28CuO2. The van der Waals surface area contributed by atoms with Gasteiger partial charge in [-0.05, 0) is 60.1 Å². The summed E-state index contributed by atoms with van der Waals surface area (Å²) in [6.07, 6.45) is 0. The first kappa shape index (κ1) is 21.6. The zero-order chi connectivity index (χ0) is 16.9. The molecule has 131 valence electrons. The van der Waals surface area contributed by atoms with E-state index >= 15 is 0 Å². The first-order valence-electron chi connectivity index (χ1n) is 7.81. The average Bonchev–Trinajstić information content (AvgIpc) is 2.38. The van der Waals surface area contributed by atoms with E-state index in [4.69, 9.17) is 0 Å². The van der Waals surface area contributed by atoms with E-state index in [9.17, 15) is 10.2 Å². The van der Waals surface area contributed by atoms with Gasteiger partial charge in [0.15, 0.2) is 0 Å². The molecule has 2 aromatic rings. The molecule has 0 aliphatic carbocycles. The van der Waals surface area contributed by atoms with Gasteiger partial charge in [-0.25, -0.2) is 0 Å². The molecule has 0 saturated heterocycles. The SMILES string of the molecule is Cc1ccc(C(C)C)c(O)c1.Cc1ccc(C(C)C)c(O)c1.[Cu]. The molecule has 0 aliphatic rings. The van der Waals surface area contributed by atoms with Crippen LogP contribution in [0.2, 0.25) is 0 Å². The van der Waals surface area contributed by atoms with E-state index in [-0.39, 0.29) is 17.1 Å². The molecule has 0 bridgehead atoms. The Morgan fingerprint density at radius 1 is 0.652 bits per heavy atom. The van der Waals surface area contributed by atoms with Crippen LogP contribution in [0.15, 0.2) is 36.4 Å². The molecule has 23 heavy (non-hydrogen) atoms. The van der Waals surface area contributed by atoms with Crippen molar-refractivity contribution >= 4 is 0 Å². The van der Waals surface area contributed by atoms with Gasteiger partial charge in [0.25, 0.3) is 0 Å². The van der Waals surface area contributed by atoms with Gasteiger partial charge in [0.1, 0.15) is 11.5 Å². The third-order valence-electron chi connectivity index (χ3n) is 3.62. The summed E-state index contributed by atoms with van der Waals surface area (Å²) in [6, 6.07) is 11.6. The van der Waals surface area contributed by atoms with Crippen LogP contribution in [0, 0.1) is 13.8 Å². The minimum absolute atomic E-state index is 0. The third-order valence-corrected chi connectivity index (χ3v) is 3.62. The number of phenols is 2. The van der Waals surface area contributed by atoms with Crippen LogP contribution >= 0.6 is 0 Å². The number of aryl methyl sites for hydroxylation is 2. The van der Waals surface area contributed by atoms with Crippen LogP contribution in [-0.2, 0) is 17.1 Å². The zero-order valence-corrected chi connectivity index (χ0v) is 15.8. The van der Waals surface area contributed by atoms with Crippen molar-refractivity contribution in [3.63, 3.8) is 0 Å². The van der Waals surface area contributed by atoms with Gasteiger partial charge in [0, 0.05) is 17.1 Å². The van der Waals surface area contributed by atoms with Crippen molar-refractivity contribution < 1.29 is 27.3 Å². The molecule has 0 aliphatic heterocycles. The maximum atomic E-state index is 9.46. The number of hydrogen-bond acceptors (Lipinski definition) is 2. The summed E-state index contributed by atoms with van der Waals surface area (Å²) in [7, 11) is 0. The van der Waals surface area contributed by atoms with Crippen LogP contribution in [0.1, 0.15) is 61.8 Å². The molecule has 0 aromatic heterocycles. The normalized spacial score (nSPS) is 10.1. The molecule has 1 radical (unpaired) electrons. The predicted octanol–water partition coefficient (Wildman–Crippen LogP) is 5.65. The number of rotatable bonds is 2. The first-order valence-corrected chi connectivity index (χ1v) is 7.81. The summed E-state index contributed by atoms with van der Waals surface area (Å²) in [5, 5.41) is 18.9. The summed E-state index contributed by atoms with van der Waals surface area (Å²) in [4.78, 5) is 0. The van der Waals surface area contributed by atoms with Crippen molar-refractivity contribution in [2.24, 2.45) is 0 Å². The Hall–Kier alpha value is -1.44. The van der Waals surface area contributed by atoms with Gasteiger partial charge in [-0.15, -0.1) is 0 Å². The van der Waals surface area contributed by atoms with E-state index in [1.54, 1.807) is 12.1 Å². The maximum absolute atomic E-state index is 9.46. The molecule has 0 saturated carbocycles. The number of benzene rings is 2. The zero-order valence-electron chi connectivity index (χ0n) is 14.8. The van der Waals surface area contributed by atoms with E-state index in [2.05, 4.69) is 27.7 Å². The number of phenolic OH excluding ortho intramolecular Hbond substituents is 2. The molecule has 0 amide bonds. The number of aromatic hydroxyl groups is 2. The van der Waals surface area contributed by atoms with Crippen LogP contribution < -0.4 is 0 Å². The molecule has 2 aromatic carbocycles. The van der Waals surface area contributed by atoms with Gasteiger partial charge in [-0.3, -0.25) is 0 Å². The standard InChI is InChI=1S/2C10H14O.Cu/c2*1-7(2)9-5-4-8(3)6-10(9)11;/h2*4-7,11H,1-3H3;. The Bertz CT molecular complexity index is 564. The van der Waals surface area contributed by atoms with Crippen LogP contribution in [-0.4, -0.2) is 10.2 Å². The fraction of sp³-hybridized carbons (Fsp3) is 0.400. The Labute approximate surface area is 151 Å². The van der Waals surface area contributed by atoms with Gasteiger partial charge < -0.3 is 10.2 Å². The van der Waals surface area contributed by atoms with E-state index in [0.29, 0.717) is 23.3 Å². The quantitative estimate of drug-likeness (QED) is 0.677. The van der Waals surface area contributed by atoms with E-state index in [0.717, 1.165) is 22.3 Å². The van der Waals surface area contributed by atoms with Crippen molar-refractivity contribution in [2.75, 3.05) is 0 Å². The Morgan fingerprint density at radius 2 is 0.957 bits per heavy atom. The monoisotopic (exact) mass is 363 g/mol. The van der Waals surface area contributed by atoms with Gasteiger partial charge in [-0.1, -0.05) is 52.0 Å². The van der Waals surface area contributed by atoms with Crippen molar-refractivity contribution in [1.82, 2.24) is 0 Å². The molecule has 0 heterocycles. The molecule has 2 nitrogen and oxygen atoms in total. The second kappa shape index (κ2) is 9.64. The average molecular weight is 364 g/mol. The molecule has 0 atom stereocenters. The summed E-state index contributed by atoms with van der Waals surface area (Å²) >= 11 is 0. The van der Waals surface area contributed by atoms with Gasteiger partial charge in [-0.2, -0.15) is 0 Å². The molecule has 2 rings (SSSR count). The van der Waals surface area contributed by atoms with Crippen LogP contribution in [0.4, 0.5) is 0 Å². The smallest absolute Gasteiger partial charge is 0.119 e. The van der Waals surface area contributed by atoms with Gasteiger partial charge >= 0.3 is 0 Å². The summed E-state index contributed by atoms with van der Waals surface area (Å²) in [5.74, 6) is 1.63. The van der Waals surface area contributed by atoms with Crippen molar-refractivity contribution in [3.8, 4) is 11.5 Å². The second-order valence-electron chi connectivity index (χ2n) is 6.43. The van der Waals surface area contributed by atoms with Gasteiger partial charge in [0.2, 0.25) is 0 Å². The summed E-state index contributed by atoms with van der Waals surface area (Å²) in [6.45, 7) is 12.2. The minimum Gasteiger partial charge on any atom is -0.508 e. The largest absolute Gasteiger partial charge is 0.508 e. The first-order chi connectivity index (χ1) is 10.2. The van der Waals surface area contributed by atoms with E-state index in [1.807, 2.05) is 38.1 Å². The predicted molar refractivity (Wildman–Crippen MR) is 93.9 cm³/mol. The fourth-order valence-electron chi connectivity index (χ4n) is 2.28. The summed E-state index contributed by atoms with van der Waals surface area (Å²) < 4.78 is 0. The molecule has 0 spiro atoms. The second-order valence-corrected chi connectivity index (χ2v) is 6.43. The van der Waals surface area contributed by atoms with Crippen LogP contribution in [0.25, 0.3) is 0 Å². The molecular weight excluding hydrogens is 336 g/mol. The van der Waals surface area contributed by atoms with Crippen molar-refractivity contribution in [2.45, 2.75) is 53.4 Å². The molecule has 2 N–H and O–H groups in total. The minimum atomic E-state index is 0. The molecule has 0 fully saturated rings.